The predicted molar refractivity (Wildman–Crippen MR) is 74.5 cm³/mol. The number of hydrogen-bond donors (Lipinski definition) is 0. The summed E-state index contributed by atoms with van der Waals surface area (Å²) in [7, 11) is 0. The van der Waals surface area contributed by atoms with E-state index in [0.717, 1.165) is 19.3 Å². The number of esters is 1. The van der Waals surface area contributed by atoms with Crippen molar-refractivity contribution in [1.82, 2.24) is 0 Å². The van der Waals surface area contributed by atoms with Gasteiger partial charge in [0.1, 0.15) is 12.4 Å². The van der Waals surface area contributed by atoms with Crippen molar-refractivity contribution >= 4 is 11.8 Å². The van der Waals surface area contributed by atoms with Crippen LogP contribution >= 0.6 is 0 Å². The van der Waals surface area contributed by atoms with Crippen LogP contribution in [0.3, 0.4) is 0 Å². The van der Waals surface area contributed by atoms with Crippen LogP contribution in [0.15, 0.2) is 30.3 Å². The lowest BCUT2D eigenvalue weighted by atomic mass is 10.0. The third-order valence-corrected chi connectivity index (χ3v) is 3.36. The highest BCUT2D eigenvalue weighted by molar-refractivity contribution is 5.89. The van der Waals surface area contributed by atoms with Crippen LogP contribution in [0.25, 0.3) is 0 Å². The van der Waals surface area contributed by atoms with Crippen LogP contribution in [0.5, 0.6) is 0 Å². The Kier molecular flexibility index (Phi) is 5.30. The number of ether oxygens (including phenoxy) is 2. The van der Waals surface area contributed by atoms with Gasteiger partial charge in [-0.15, -0.1) is 0 Å². The number of carbonyl (C=O) groups excluding carboxylic acids is 2. The van der Waals surface area contributed by atoms with E-state index in [2.05, 4.69) is 0 Å². The first-order valence-corrected chi connectivity index (χ1v) is 7.02. The van der Waals surface area contributed by atoms with Gasteiger partial charge in [-0.3, -0.25) is 4.79 Å². The second kappa shape index (κ2) is 7.20. The second-order valence-electron chi connectivity index (χ2n) is 5.18. The molecule has 1 saturated heterocycles. The van der Waals surface area contributed by atoms with Gasteiger partial charge in [0.05, 0.1) is 17.8 Å². The third kappa shape index (κ3) is 4.46. The van der Waals surface area contributed by atoms with Crippen molar-refractivity contribution in [3.05, 3.63) is 35.9 Å². The molecule has 1 heterocycles. The van der Waals surface area contributed by atoms with Gasteiger partial charge in [0, 0.05) is 6.42 Å². The molecule has 108 valence electrons. The quantitative estimate of drug-likeness (QED) is 0.776. The van der Waals surface area contributed by atoms with Crippen LogP contribution in [-0.4, -0.2) is 30.6 Å². The first kappa shape index (κ1) is 14.7. The number of ketones is 1. The van der Waals surface area contributed by atoms with E-state index in [4.69, 9.17) is 9.47 Å². The molecule has 2 atom stereocenters. The Morgan fingerprint density at radius 3 is 2.60 bits per heavy atom. The number of Topliss-reactive ketones (excluding diaryl/α,β-unsaturated/α-hetero) is 1. The molecule has 0 aliphatic carbocycles. The molecule has 4 heteroatoms. The normalized spacial score (nSPS) is 22.2. The highest BCUT2D eigenvalue weighted by Crippen LogP contribution is 2.22. The molecule has 0 amide bonds. The summed E-state index contributed by atoms with van der Waals surface area (Å²) in [5.41, 5.74) is 0.545. The Morgan fingerprint density at radius 2 is 1.90 bits per heavy atom. The van der Waals surface area contributed by atoms with Crippen molar-refractivity contribution in [3.63, 3.8) is 0 Å². The highest BCUT2D eigenvalue weighted by atomic mass is 16.6. The third-order valence-electron chi connectivity index (χ3n) is 3.36. The summed E-state index contributed by atoms with van der Waals surface area (Å²) in [5, 5.41) is 0. The minimum Gasteiger partial charge on any atom is -0.459 e. The molecule has 1 aromatic rings. The molecule has 1 aliphatic rings. The standard InChI is InChI=1S/C16H20O4/c1-12(17)10-14-8-5-9-15(20-14)11-19-16(18)13-6-3-2-4-7-13/h2-4,6-7,14-15H,5,8-11H2,1H3/t14-,15+/m0/s1. The first-order chi connectivity index (χ1) is 9.65. The van der Waals surface area contributed by atoms with E-state index in [1.165, 1.54) is 0 Å². The number of hydrogen-bond acceptors (Lipinski definition) is 4. The molecule has 0 unspecified atom stereocenters. The largest absolute Gasteiger partial charge is 0.459 e. The minimum absolute atomic E-state index is 0.0262. The number of benzene rings is 1. The van der Waals surface area contributed by atoms with Crippen LogP contribution in [0, 0.1) is 0 Å². The van der Waals surface area contributed by atoms with Gasteiger partial charge < -0.3 is 9.47 Å². The van der Waals surface area contributed by atoms with Crippen molar-refractivity contribution < 1.29 is 19.1 Å². The molecule has 0 radical (unpaired) electrons. The van der Waals surface area contributed by atoms with E-state index in [1.54, 1.807) is 31.2 Å². The zero-order chi connectivity index (χ0) is 14.4. The molecule has 0 spiro atoms. The molecule has 2 rings (SSSR count). The topological polar surface area (TPSA) is 52.6 Å². The Balaban J connectivity index is 1.79. The van der Waals surface area contributed by atoms with E-state index < -0.39 is 0 Å². The predicted octanol–water partition coefficient (Wildman–Crippen LogP) is 2.76. The molecule has 0 bridgehead atoms. The zero-order valence-electron chi connectivity index (χ0n) is 11.7. The van der Waals surface area contributed by atoms with Crippen LogP contribution in [-0.2, 0) is 14.3 Å². The Hall–Kier alpha value is -1.68. The van der Waals surface area contributed by atoms with E-state index in [9.17, 15) is 9.59 Å². The monoisotopic (exact) mass is 276 g/mol. The Bertz CT molecular complexity index is 455. The van der Waals surface area contributed by atoms with E-state index >= 15 is 0 Å². The molecule has 1 fully saturated rings. The van der Waals surface area contributed by atoms with E-state index in [0.29, 0.717) is 12.0 Å². The second-order valence-corrected chi connectivity index (χ2v) is 5.18. The Morgan fingerprint density at radius 1 is 1.20 bits per heavy atom. The molecule has 0 N–H and O–H groups in total. The average Bonchev–Trinajstić information content (AvgIpc) is 2.45. The molecule has 1 aromatic carbocycles. The fraction of sp³-hybridized carbons (Fsp3) is 0.500. The molecular weight excluding hydrogens is 256 g/mol. The van der Waals surface area contributed by atoms with Gasteiger partial charge in [-0.2, -0.15) is 0 Å². The summed E-state index contributed by atoms with van der Waals surface area (Å²) in [4.78, 5) is 22.9. The maximum atomic E-state index is 11.8. The van der Waals surface area contributed by atoms with Crippen LogP contribution in [0.1, 0.15) is 43.0 Å². The van der Waals surface area contributed by atoms with Gasteiger partial charge in [-0.25, -0.2) is 4.79 Å². The fourth-order valence-corrected chi connectivity index (χ4v) is 2.40. The molecule has 1 aliphatic heterocycles. The SMILES string of the molecule is CC(=O)C[C@@H]1CCC[C@H](COC(=O)c2ccccc2)O1. The van der Waals surface area contributed by atoms with E-state index in [1.807, 2.05) is 6.07 Å². The summed E-state index contributed by atoms with van der Waals surface area (Å²) >= 11 is 0. The lowest BCUT2D eigenvalue weighted by Crippen LogP contribution is -2.32. The summed E-state index contributed by atoms with van der Waals surface area (Å²) in [6.45, 7) is 1.82. The van der Waals surface area contributed by atoms with Crippen LogP contribution in [0.2, 0.25) is 0 Å². The maximum absolute atomic E-state index is 11.8. The van der Waals surface area contributed by atoms with Gasteiger partial charge in [-0.1, -0.05) is 18.2 Å². The van der Waals surface area contributed by atoms with Crippen molar-refractivity contribution in [3.8, 4) is 0 Å². The summed E-state index contributed by atoms with van der Waals surface area (Å²) in [5.74, 6) is -0.195. The van der Waals surface area contributed by atoms with Gasteiger partial charge in [-0.05, 0) is 38.3 Å². The average molecular weight is 276 g/mol. The maximum Gasteiger partial charge on any atom is 0.338 e. The molecule has 0 saturated carbocycles. The number of rotatable bonds is 5. The van der Waals surface area contributed by atoms with Crippen molar-refractivity contribution in [2.75, 3.05) is 6.61 Å². The summed E-state index contributed by atoms with van der Waals surface area (Å²) in [6.07, 6.45) is 3.11. The van der Waals surface area contributed by atoms with E-state index in [-0.39, 0.29) is 30.6 Å². The lowest BCUT2D eigenvalue weighted by Gasteiger charge is -2.29. The van der Waals surface area contributed by atoms with Gasteiger partial charge in [0.2, 0.25) is 0 Å². The summed E-state index contributed by atoms with van der Waals surface area (Å²) in [6, 6.07) is 8.91. The van der Waals surface area contributed by atoms with Crippen molar-refractivity contribution in [2.45, 2.75) is 44.8 Å². The first-order valence-electron chi connectivity index (χ1n) is 7.02. The number of carbonyl (C=O) groups is 2. The minimum atomic E-state index is -0.331. The van der Waals surface area contributed by atoms with Crippen molar-refractivity contribution in [2.24, 2.45) is 0 Å². The zero-order valence-corrected chi connectivity index (χ0v) is 11.7. The fourth-order valence-electron chi connectivity index (χ4n) is 2.40. The van der Waals surface area contributed by atoms with Crippen molar-refractivity contribution in [1.29, 1.82) is 0 Å². The molecule has 0 aromatic heterocycles. The molecule has 20 heavy (non-hydrogen) atoms. The van der Waals surface area contributed by atoms with Crippen LogP contribution in [0.4, 0.5) is 0 Å². The summed E-state index contributed by atoms with van der Waals surface area (Å²) < 4.78 is 11.1. The molecule has 4 nitrogen and oxygen atoms in total. The molecular formula is C16H20O4. The van der Waals surface area contributed by atoms with Crippen LogP contribution < -0.4 is 0 Å². The Labute approximate surface area is 119 Å². The van der Waals surface area contributed by atoms with Gasteiger partial charge in [0.15, 0.2) is 0 Å². The van der Waals surface area contributed by atoms with Gasteiger partial charge in [0.25, 0.3) is 0 Å². The smallest absolute Gasteiger partial charge is 0.338 e. The lowest BCUT2D eigenvalue weighted by molar-refractivity contribution is -0.125. The van der Waals surface area contributed by atoms with Gasteiger partial charge >= 0.3 is 5.97 Å². The highest BCUT2D eigenvalue weighted by Gasteiger charge is 2.24.